The van der Waals surface area contributed by atoms with Crippen molar-refractivity contribution in [2.45, 2.75) is 32.1 Å². The first-order chi connectivity index (χ1) is 13.0. The van der Waals surface area contributed by atoms with Crippen LogP contribution in [0.4, 0.5) is 11.4 Å². The first-order valence-corrected chi connectivity index (χ1v) is 9.59. The molecule has 27 heavy (non-hydrogen) atoms. The Kier molecular flexibility index (Phi) is 5.94. The van der Waals surface area contributed by atoms with Gasteiger partial charge in [-0.25, -0.2) is 0 Å². The van der Waals surface area contributed by atoms with Gasteiger partial charge in [0.2, 0.25) is 5.91 Å². The second-order valence-corrected chi connectivity index (χ2v) is 7.54. The van der Waals surface area contributed by atoms with Gasteiger partial charge in [-0.3, -0.25) is 14.4 Å². The van der Waals surface area contributed by atoms with Gasteiger partial charge in [-0.05, 0) is 43.6 Å². The molecular formula is C21H27N3O3. The van der Waals surface area contributed by atoms with Gasteiger partial charge in [0, 0.05) is 26.1 Å². The molecule has 1 aliphatic rings. The van der Waals surface area contributed by atoms with E-state index in [0.717, 1.165) is 32.1 Å². The Morgan fingerprint density at radius 2 is 1.78 bits per heavy atom. The number of rotatable bonds is 8. The molecule has 2 aromatic carbocycles. The summed E-state index contributed by atoms with van der Waals surface area (Å²) in [6, 6.07) is 10.0. The van der Waals surface area contributed by atoms with Gasteiger partial charge in [0.25, 0.3) is 10.9 Å². The van der Waals surface area contributed by atoms with Crippen LogP contribution in [-0.4, -0.2) is 26.0 Å². The number of nitrogens with two attached hydrogens (primary N) is 1. The Hall–Kier alpha value is -2.63. The minimum atomic E-state index is -0.428. The highest BCUT2D eigenvalue weighted by molar-refractivity contribution is 5.76. The molecule has 0 heterocycles. The van der Waals surface area contributed by atoms with Crippen LogP contribution >= 0.6 is 0 Å². The quantitative estimate of drug-likeness (QED) is 0.691. The van der Waals surface area contributed by atoms with E-state index in [2.05, 4.69) is 5.32 Å². The fourth-order valence-corrected chi connectivity index (χ4v) is 3.99. The topological polar surface area (TPSA) is 92.5 Å². The van der Waals surface area contributed by atoms with Crippen LogP contribution in [0.3, 0.4) is 0 Å². The average Bonchev–Trinajstić information content (AvgIpc) is 2.68. The minimum absolute atomic E-state index is 0.0205. The maximum Gasteiger partial charge on any atom is 0.253 e. The molecule has 2 aromatic rings. The maximum absolute atomic E-state index is 12.1. The van der Waals surface area contributed by atoms with E-state index in [0.29, 0.717) is 30.4 Å². The van der Waals surface area contributed by atoms with Gasteiger partial charge in [0.05, 0.1) is 0 Å². The number of primary amides is 1. The van der Waals surface area contributed by atoms with Crippen molar-refractivity contribution >= 4 is 17.3 Å². The SMILES string of the molecule is CN(CC1CCC(C(N)=O)CC1)c1c(NCCc2ccccc2)c(=O)c1=O. The van der Waals surface area contributed by atoms with Crippen molar-refractivity contribution in [1.82, 2.24) is 0 Å². The first kappa shape index (κ1) is 19.1. The lowest BCUT2D eigenvalue weighted by atomic mass is 9.81. The van der Waals surface area contributed by atoms with Crippen LogP contribution < -0.4 is 26.8 Å². The standard InChI is InChI=1S/C21H27N3O3/c1-24(13-15-7-9-16(10-8-15)21(22)27)18-17(19(25)20(18)26)23-12-11-14-5-3-2-4-6-14/h2-6,15-16,23H,7-13H2,1H3,(H2,22,27). The van der Waals surface area contributed by atoms with E-state index >= 15 is 0 Å². The zero-order valence-corrected chi connectivity index (χ0v) is 15.7. The molecule has 6 nitrogen and oxygen atoms in total. The molecule has 0 radical (unpaired) electrons. The lowest BCUT2D eigenvalue weighted by molar-refractivity contribution is -0.122. The van der Waals surface area contributed by atoms with Crippen molar-refractivity contribution < 1.29 is 4.79 Å². The third-order valence-corrected chi connectivity index (χ3v) is 5.61. The molecule has 144 valence electrons. The van der Waals surface area contributed by atoms with Gasteiger partial charge in [-0.2, -0.15) is 0 Å². The zero-order valence-electron chi connectivity index (χ0n) is 15.7. The van der Waals surface area contributed by atoms with Gasteiger partial charge in [0.1, 0.15) is 11.4 Å². The summed E-state index contributed by atoms with van der Waals surface area (Å²) in [5.41, 5.74) is 6.66. The Labute approximate surface area is 159 Å². The predicted octanol–water partition coefficient (Wildman–Crippen LogP) is 1.67. The van der Waals surface area contributed by atoms with Crippen molar-refractivity contribution in [2.24, 2.45) is 17.6 Å². The van der Waals surface area contributed by atoms with Crippen molar-refractivity contribution in [3.05, 3.63) is 56.3 Å². The first-order valence-electron chi connectivity index (χ1n) is 9.59. The normalized spacial score (nSPS) is 19.7. The zero-order chi connectivity index (χ0) is 19.4. The van der Waals surface area contributed by atoms with Crippen molar-refractivity contribution in [3.8, 4) is 0 Å². The third kappa shape index (κ3) is 4.38. The number of carbonyl (C=O) groups excluding carboxylic acids is 1. The van der Waals surface area contributed by atoms with Crippen molar-refractivity contribution in [3.63, 3.8) is 0 Å². The monoisotopic (exact) mass is 369 g/mol. The molecule has 0 saturated heterocycles. The van der Waals surface area contributed by atoms with Crippen LogP contribution in [0.5, 0.6) is 0 Å². The van der Waals surface area contributed by atoms with Crippen LogP contribution in [0, 0.1) is 11.8 Å². The highest BCUT2D eigenvalue weighted by atomic mass is 16.2. The van der Waals surface area contributed by atoms with E-state index in [1.165, 1.54) is 5.56 Å². The Morgan fingerprint density at radius 3 is 2.41 bits per heavy atom. The molecular weight excluding hydrogens is 342 g/mol. The molecule has 3 N–H and O–H groups in total. The lowest BCUT2D eigenvalue weighted by Gasteiger charge is -2.32. The molecule has 1 amide bonds. The highest BCUT2D eigenvalue weighted by Gasteiger charge is 2.28. The van der Waals surface area contributed by atoms with Crippen molar-refractivity contribution in [1.29, 1.82) is 0 Å². The second-order valence-electron chi connectivity index (χ2n) is 7.54. The number of hydrogen-bond acceptors (Lipinski definition) is 5. The molecule has 1 fully saturated rings. The molecule has 0 aliphatic heterocycles. The van der Waals surface area contributed by atoms with E-state index in [1.54, 1.807) is 0 Å². The fourth-order valence-electron chi connectivity index (χ4n) is 3.99. The minimum Gasteiger partial charge on any atom is -0.380 e. The van der Waals surface area contributed by atoms with E-state index in [9.17, 15) is 14.4 Å². The highest BCUT2D eigenvalue weighted by Crippen LogP contribution is 2.30. The number of anilines is 2. The van der Waals surface area contributed by atoms with Gasteiger partial charge in [-0.15, -0.1) is 0 Å². The summed E-state index contributed by atoms with van der Waals surface area (Å²) in [5, 5.41) is 3.14. The summed E-state index contributed by atoms with van der Waals surface area (Å²) in [4.78, 5) is 37.2. The Bertz CT molecular complexity index is 847. The van der Waals surface area contributed by atoms with Crippen molar-refractivity contribution in [2.75, 3.05) is 30.4 Å². The average molecular weight is 369 g/mol. The molecule has 6 heteroatoms. The molecule has 0 atom stereocenters. The fraction of sp³-hybridized carbons (Fsp3) is 0.476. The van der Waals surface area contributed by atoms with Crippen LogP contribution in [0.25, 0.3) is 0 Å². The molecule has 1 aliphatic carbocycles. The Morgan fingerprint density at radius 1 is 1.11 bits per heavy atom. The van der Waals surface area contributed by atoms with Crippen LogP contribution in [0.1, 0.15) is 31.2 Å². The molecule has 1 saturated carbocycles. The molecule has 0 bridgehead atoms. The summed E-state index contributed by atoms with van der Waals surface area (Å²) in [6.07, 6.45) is 4.25. The van der Waals surface area contributed by atoms with Crippen LogP contribution in [-0.2, 0) is 11.2 Å². The van der Waals surface area contributed by atoms with E-state index < -0.39 is 10.9 Å². The van der Waals surface area contributed by atoms with E-state index in [1.807, 2.05) is 42.3 Å². The van der Waals surface area contributed by atoms with E-state index in [-0.39, 0.29) is 11.8 Å². The summed E-state index contributed by atoms with van der Waals surface area (Å²) in [5.74, 6) is 0.175. The Balaban J connectivity index is 1.55. The number of nitrogens with one attached hydrogen (secondary N) is 1. The van der Waals surface area contributed by atoms with Crippen LogP contribution in [0.2, 0.25) is 0 Å². The number of nitrogens with zero attached hydrogens (tertiary/aromatic N) is 1. The predicted molar refractivity (Wildman–Crippen MR) is 108 cm³/mol. The smallest absolute Gasteiger partial charge is 0.253 e. The van der Waals surface area contributed by atoms with Gasteiger partial charge in [0.15, 0.2) is 0 Å². The summed E-state index contributed by atoms with van der Waals surface area (Å²) >= 11 is 0. The largest absolute Gasteiger partial charge is 0.380 e. The van der Waals surface area contributed by atoms with Crippen LogP contribution in [0.15, 0.2) is 39.9 Å². The summed E-state index contributed by atoms with van der Waals surface area (Å²) < 4.78 is 0. The summed E-state index contributed by atoms with van der Waals surface area (Å²) in [7, 11) is 1.86. The number of carbonyl (C=O) groups is 1. The third-order valence-electron chi connectivity index (χ3n) is 5.61. The van der Waals surface area contributed by atoms with Gasteiger partial charge >= 0.3 is 0 Å². The van der Waals surface area contributed by atoms with Gasteiger partial charge < -0.3 is 16.0 Å². The molecule has 0 spiro atoms. The number of benzene rings is 1. The molecule has 0 aromatic heterocycles. The molecule has 0 unspecified atom stereocenters. The lowest BCUT2D eigenvalue weighted by Crippen LogP contribution is -2.43. The number of hydrogen-bond donors (Lipinski definition) is 2. The number of amides is 1. The van der Waals surface area contributed by atoms with E-state index in [4.69, 9.17) is 5.73 Å². The molecule has 3 rings (SSSR count). The summed E-state index contributed by atoms with van der Waals surface area (Å²) in [6.45, 7) is 1.32. The van der Waals surface area contributed by atoms with Gasteiger partial charge in [-0.1, -0.05) is 30.3 Å². The maximum atomic E-state index is 12.1. The second kappa shape index (κ2) is 8.37.